The maximum absolute atomic E-state index is 12.2. The van der Waals surface area contributed by atoms with Gasteiger partial charge in [0.15, 0.2) is 12.4 Å². The van der Waals surface area contributed by atoms with E-state index in [1.54, 1.807) is 19.9 Å². The number of aryl methyl sites for hydroxylation is 3. The van der Waals surface area contributed by atoms with Crippen LogP contribution in [-0.2, 0) is 11.3 Å². The van der Waals surface area contributed by atoms with Crippen LogP contribution in [0.1, 0.15) is 33.3 Å². The summed E-state index contributed by atoms with van der Waals surface area (Å²) in [5, 5.41) is 4.55. The highest BCUT2D eigenvalue weighted by Gasteiger charge is 2.15. The Hall–Kier alpha value is -2.76. The highest BCUT2D eigenvalue weighted by Crippen LogP contribution is 2.19. The fourth-order valence-electron chi connectivity index (χ4n) is 2.20. The molecule has 3 aromatic rings. The van der Waals surface area contributed by atoms with E-state index < -0.39 is 5.97 Å². The van der Waals surface area contributed by atoms with Crippen molar-refractivity contribution >= 4 is 16.9 Å². The molecule has 112 valence electrons. The van der Waals surface area contributed by atoms with Gasteiger partial charge in [0.2, 0.25) is 0 Å². The van der Waals surface area contributed by atoms with E-state index >= 15 is 0 Å². The molecule has 0 unspecified atom stereocenters. The minimum atomic E-state index is -0.454. The highest BCUT2D eigenvalue weighted by atomic mass is 16.6. The van der Waals surface area contributed by atoms with Crippen molar-refractivity contribution in [3.8, 4) is 0 Å². The fraction of sp³-hybridized carbons (Fsp3) is 0.250. The number of ether oxygens (including phenoxy) is 1. The van der Waals surface area contributed by atoms with Crippen molar-refractivity contribution in [1.29, 1.82) is 0 Å². The molecule has 0 amide bonds. The topological polar surface area (TPSA) is 78.1 Å². The molecule has 0 radical (unpaired) electrons. The van der Waals surface area contributed by atoms with E-state index in [0.717, 1.165) is 16.5 Å². The molecule has 6 heteroatoms. The molecule has 3 rings (SSSR count). The van der Waals surface area contributed by atoms with Gasteiger partial charge in [0.25, 0.3) is 5.89 Å². The zero-order valence-corrected chi connectivity index (χ0v) is 12.6. The van der Waals surface area contributed by atoms with Gasteiger partial charge in [0.1, 0.15) is 0 Å². The number of hydrogen-bond acceptors (Lipinski definition) is 6. The van der Waals surface area contributed by atoms with Crippen molar-refractivity contribution in [2.45, 2.75) is 27.4 Å². The molecule has 0 aliphatic carbocycles. The van der Waals surface area contributed by atoms with Crippen LogP contribution in [0.2, 0.25) is 0 Å². The summed E-state index contributed by atoms with van der Waals surface area (Å²) in [6, 6.07) is 7.71. The van der Waals surface area contributed by atoms with Gasteiger partial charge in [-0.15, -0.1) is 0 Å². The zero-order valence-electron chi connectivity index (χ0n) is 12.6. The van der Waals surface area contributed by atoms with Gasteiger partial charge in [-0.3, -0.25) is 4.98 Å². The summed E-state index contributed by atoms with van der Waals surface area (Å²) >= 11 is 0. The van der Waals surface area contributed by atoms with E-state index in [2.05, 4.69) is 15.1 Å². The standard InChI is InChI=1S/C16H15N3O3/c1-9-4-5-14-12(6-9)7-13(10(2)17-14)16(20)21-8-15-18-11(3)19-22-15/h4-7H,8H2,1-3H3. The summed E-state index contributed by atoms with van der Waals surface area (Å²) in [7, 11) is 0. The number of carbonyl (C=O) groups excluding carboxylic acids is 1. The van der Waals surface area contributed by atoms with Crippen molar-refractivity contribution in [3.63, 3.8) is 0 Å². The summed E-state index contributed by atoms with van der Waals surface area (Å²) in [4.78, 5) is 20.7. The molecule has 0 N–H and O–H groups in total. The van der Waals surface area contributed by atoms with Crippen molar-refractivity contribution in [3.05, 3.63) is 52.8 Å². The molecule has 2 aromatic heterocycles. The second kappa shape index (κ2) is 5.55. The Kier molecular flexibility index (Phi) is 3.58. The number of esters is 1. The van der Waals surface area contributed by atoms with E-state index in [-0.39, 0.29) is 12.5 Å². The fourth-order valence-corrected chi connectivity index (χ4v) is 2.20. The van der Waals surface area contributed by atoms with Gasteiger partial charge in [0, 0.05) is 5.39 Å². The van der Waals surface area contributed by atoms with Crippen LogP contribution in [-0.4, -0.2) is 21.1 Å². The Labute approximate surface area is 127 Å². The summed E-state index contributed by atoms with van der Waals surface area (Å²) in [5.41, 5.74) is 3.03. The first-order valence-corrected chi connectivity index (χ1v) is 6.87. The van der Waals surface area contributed by atoms with Gasteiger partial charge in [-0.2, -0.15) is 4.98 Å². The van der Waals surface area contributed by atoms with Crippen LogP contribution in [0.3, 0.4) is 0 Å². The third kappa shape index (κ3) is 2.81. The molecule has 0 aliphatic rings. The molecule has 0 saturated heterocycles. The van der Waals surface area contributed by atoms with Crippen molar-refractivity contribution in [1.82, 2.24) is 15.1 Å². The summed E-state index contributed by atoms with van der Waals surface area (Å²) < 4.78 is 10.1. The Morgan fingerprint density at radius 2 is 2.00 bits per heavy atom. The second-order valence-electron chi connectivity index (χ2n) is 5.13. The third-order valence-corrected chi connectivity index (χ3v) is 3.28. The molecule has 2 heterocycles. The molecule has 0 aliphatic heterocycles. The molecule has 0 bridgehead atoms. The number of benzene rings is 1. The SMILES string of the molecule is Cc1ccc2nc(C)c(C(=O)OCc3nc(C)no3)cc2c1. The molecule has 1 aromatic carbocycles. The monoisotopic (exact) mass is 297 g/mol. The maximum atomic E-state index is 12.2. The first kappa shape index (κ1) is 14.2. The van der Waals surface area contributed by atoms with Gasteiger partial charge >= 0.3 is 5.97 Å². The van der Waals surface area contributed by atoms with Gasteiger partial charge in [-0.25, -0.2) is 4.79 Å². The third-order valence-electron chi connectivity index (χ3n) is 3.28. The van der Waals surface area contributed by atoms with Crippen LogP contribution < -0.4 is 0 Å². The Balaban J connectivity index is 1.85. The molecule has 0 atom stereocenters. The molecular formula is C16H15N3O3. The molecule has 0 fully saturated rings. The van der Waals surface area contributed by atoms with Gasteiger partial charge in [0.05, 0.1) is 16.8 Å². The molecular weight excluding hydrogens is 282 g/mol. The van der Waals surface area contributed by atoms with E-state index in [1.807, 2.05) is 25.1 Å². The lowest BCUT2D eigenvalue weighted by Gasteiger charge is -2.07. The minimum absolute atomic E-state index is 0.0506. The number of hydrogen-bond donors (Lipinski definition) is 0. The number of rotatable bonds is 3. The number of fused-ring (bicyclic) bond motifs is 1. The van der Waals surface area contributed by atoms with E-state index in [9.17, 15) is 4.79 Å². The average Bonchev–Trinajstić information content (AvgIpc) is 2.90. The van der Waals surface area contributed by atoms with Crippen LogP contribution in [0.15, 0.2) is 28.8 Å². The average molecular weight is 297 g/mol. The summed E-state index contributed by atoms with van der Waals surface area (Å²) in [6.45, 7) is 5.43. The molecule has 22 heavy (non-hydrogen) atoms. The van der Waals surface area contributed by atoms with Crippen molar-refractivity contribution in [2.24, 2.45) is 0 Å². The molecule has 0 saturated carbocycles. The quantitative estimate of drug-likeness (QED) is 0.692. The Morgan fingerprint density at radius 1 is 1.18 bits per heavy atom. The number of aromatic nitrogens is 3. The lowest BCUT2D eigenvalue weighted by molar-refractivity contribution is 0.0428. The normalized spacial score (nSPS) is 10.9. The lowest BCUT2D eigenvalue weighted by atomic mass is 10.1. The van der Waals surface area contributed by atoms with E-state index in [4.69, 9.17) is 9.26 Å². The Bertz CT molecular complexity index is 855. The lowest BCUT2D eigenvalue weighted by Crippen LogP contribution is -2.08. The van der Waals surface area contributed by atoms with E-state index in [1.165, 1.54) is 0 Å². The van der Waals surface area contributed by atoms with Crippen LogP contribution >= 0.6 is 0 Å². The highest BCUT2D eigenvalue weighted by molar-refractivity contribution is 5.95. The first-order chi connectivity index (χ1) is 10.5. The van der Waals surface area contributed by atoms with Crippen molar-refractivity contribution < 1.29 is 14.1 Å². The van der Waals surface area contributed by atoms with Crippen LogP contribution in [0, 0.1) is 20.8 Å². The van der Waals surface area contributed by atoms with Crippen LogP contribution in [0.5, 0.6) is 0 Å². The van der Waals surface area contributed by atoms with Gasteiger partial charge < -0.3 is 9.26 Å². The molecule has 0 spiro atoms. The maximum Gasteiger partial charge on any atom is 0.340 e. The van der Waals surface area contributed by atoms with Crippen molar-refractivity contribution in [2.75, 3.05) is 0 Å². The summed E-state index contributed by atoms with van der Waals surface area (Å²) in [5.74, 6) is 0.322. The minimum Gasteiger partial charge on any atom is -0.452 e. The first-order valence-electron chi connectivity index (χ1n) is 6.87. The van der Waals surface area contributed by atoms with E-state index in [0.29, 0.717) is 17.1 Å². The number of carbonyl (C=O) groups is 1. The smallest absolute Gasteiger partial charge is 0.340 e. The number of nitrogens with zero attached hydrogens (tertiary/aromatic N) is 3. The van der Waals surface area contributed by atoms with Gasteiger partial charge in [-0.1, -0.05) is 16.8 Å². The number of pyridine rings is 1. The largest absolute Gasteiger partial charge is 0.452 e. The Morgan fingerprint density at radius 3 is 2.73 bits per heavy atom. The second-order valence-corrected chi connectivity index (χ2v) is 5.13. The van der Waals surface area contributed by atoms with Crippen LogP contribution in [0.4, 0.5) is 0 Å². The van der Waals surface area contributed by atoms with Gasteiger partial charge in [-0.05, 0) is 39.0 Å². The van der Waals surface area contributed by atoms with Crippen LogP contribution in [0.25, 0.3) is 10.9 Å². The zero-order chi connectivity index (χ0) is 15.7. The predicted octanol–water partition coefficient (Wildman–Crippen LogP) is 2.90. The summed E-state index contributed by atoms with van der Waals surface area (Å²) in [6.07, 6.45) is 0. The molecule has 6 nitrogen and oxygen atoms in total. The predicted molar refractivity (Wildman–Crippen MR) is 79.4 cm³/mol.